The van der Waals surface area contributed by atoms with E-state index in [0.717, 1.165) is 30.0 Å². The Morgan fingerprint density at radius 3 is 2.57 bits per heavy atom. The second-order valence-corrected chi connectivity index (χ2v) is 6.34. The van der Waals surface area contributed by atoms with Gasteiger partial charge in [0.1, 0.15) is 10.8 Å². The molecule has 128 valence electrons. The van der Waals surface area contributed by atoms with Gasteiger partial charge in [-0.25, -0.2) is 4.98 Å². The molecular formula is C17H28ClN5. The zero-order chi connectivity index (χ0) is 16.8. The van der Waals surface area contributed by atoms with Gasteiger partial charge in [-0.2, -0.15) is 9.61 Å². The van der Waals surface area contributed by atoms with Crippen LogP contribution in [0.4, 0.5) is 5.82 Å². The summed E-state index contributed by atoms with van der Waals surface area (Å²) in [5.41, 5.74) is 6.39. The lowest BCUT2D eigenvalue weighted by atomic mass is 9.99. The van der Waals surface area contributed by atoms with Crippen molar-refractivity contribution in [3.05, 3.63) is 23.0 Å². The normalized spacial score (nSPS) is 15.0. The highest BCUT2D eigenvalue weighted by atomic mass is 35.5. The molecule has 0 atom stereocenters. The summed E-state index contributed by atoms with van der Waals surface area (Å²) in [5.74, 6) is 1.51. The van der Waals surface area contributed by atoms with Crippen molar-refractivity contribution in [3.8, 4) is 0 Å². The Labute approximate surface area is 143 Å². The molecule has 1 fully saturated rings. The van der Waals surface area contributed by atoms with E-state index < -0.39 is 0 Å². The molecule has 0 aromatic carbocycles. The molecule has 0 unspecified atom stereocenters. The second kappa shape index (κ2) is 8.50. The van der Waals surface area contributed by atoms with Crippen LogP contribution in [0.15, 0.2) is 12.3 Å². The molecule has 1 aliphatic carbocycles. The Morgan fingerprint density at radius 1 is 1.30 bits per heavy atom. The third-order valence-corrected chi connectivity index (χ3v) is 4.83. The number of anilines is 1. The predicted octanol–water partition coefficient (Wildman–Crippen LogP) is 4.22. The Morgan fingerprint density at radius 2 is 1.96 bits per heavy atom. The molecule has 0 spiro atoms. The van der Waals surface area contributed by atoms with Crippen LogP contribution in [0.3, 0.4) is 0 Å². The van der Waals surface area contributed by atoms with Gasteiger partial charge in [0.15, 0.2) is 5.65 Å². The number of hydrogen-bond acceptors (Lipinski definition) is 4. The number of nitrogens with two attached hydrogens (primary N) is 1. The van der Waals surface area contributed by atoms with Gasteiger partial charge in [-0.1, -0.05) is 38.3 Å². The maximum atomic E-state index is 6.25. The number of hydrogen-bond donors (Lipinski definition) is 2. The Bertz CT molecular complexity index is 615. The average molecular weight is 338 g/mol. The zero-order valence-electron chi connectivity index (χ0n) is 14.3. The van der Waals surface area contributed by atoms with E-state index in [1.54, 1.807) is 6.20 Å². The van der Waals surface area contributed by atoms with Crippen molar-refractivity contribution in [2.45, 2.75) is 64.3 Å². The first kappa shape index (κ1) is 18.0. The summed E-state index contributed by atoms with van der Waals surface area (Å²) in [5, 5.41) is 8.64. The monoisotopic (exact) mass is 337 g/mol. The molecule has 0 radical (unpaired) electrons. The third-order valence-electron chi connectivity index (χ3n) is 4.56. The second-order valence-electron chi connectivity index (χ2n) is 5.93. The van der Waals surface area contributed by atoms with Gasteiger partial charge in [0.05, 0.1) is 6.20 Å². The first-order valence-corrected chi connectivity index (χ1v) is 8.99. The van der Waals surface area contributed by atoms with Crippen LogP contribution in [0.2, 0.25) is 5.02 Å². The quantitative estimate of drug-likeness (QED) is 0.857. The molecular weight excluding hydrogens is 310 g/mol. The predicted molar refractivity (Wildman–Crippen MR) is 97.3 cm³/mol. The van der Waals surface area contributed by atoms with Crippen LogP contribution in [0.5, 0.6) is 0 Å². The highest BCUT2D eigenvalue weighted by Gasteiger charge is 2.19. The van der Waals surface area contributed by atoms with Crippen LogP contribution < -0.4 is 11.1 Å². The highest BCUT2D eigenvalue weighted by Crippen LogP contribution is 2.29. The number of nitrogens with zero attached hydrogens (tertiary/aromatic N) is 3. The van der Waals surface area contributed by atoms with Crippen molar-refractivity contribution in [2.75, 3.05) is 12.4 Å². The molecule has 1 aliphatic rings. The van der Waals surface area contributed by atoms with E-state index in [0.29, 0.717) is 17.0 Å². The number of halogens is 1. The zero-order valence-corrected chi connectivity index (χ0v) is 15.1. The van der Waals surface area contributed by atoms with Gasteiger partial charge in [0.2, 0.25) is 0 Å². The molecule has 3 N–H and O–H groups in total. The number of aromatic nitrogens is 3. The molecule has 1 saturated carbocycles. The fraction of sp³-hybridized carbons (Fsp3) is 0.647. The maximum Gasteiger partial charge on any atom is 0.176 e. The summed E-state index contributed by atoms with van der Waals surface area (Å²) in [6, 6.07) is 2.71. The number of nitrogens with one attached hydrogen (secondary N) is 1. The molecule has 3 rings (SSSR count). The summed E-state index contributed by atoms with van der Waals surface area (Å²) in [6.45, 7) is 4.42. The van der Waals surface area contributed by atoms with Crippen LogP contribution in [-0.4, -0.2) is 27.7 Å². The minimum Gasteiger partial charge on any atom is -0.367 e. The van der Waals surface area contributed by atoms with Gasteiger partial charge in [-0.3, -0.25) is 0 Å². The minimum absolute atomic E-state index is 0.477. The molecule has 6 heteroatoms. The van der Waals surface area contributed by atoms with Gasteiger partial charge < -0.3 is 11.1 Å². The van der Waals surface area contributed by atoms with E-state index in [4.69, 9.17) is 16.6 Å². The van der Waals surface area contributed by atoms with Gasteiger partial charge >= 0.3 is 0 Å². The standard InChI is InChI=1S/C16H23ClN4.CH5N/c1-3-11(4-2)14-9-15(19-12-7-5-6-8-12)21-16(20-14)13(17)10-18-21;1-2/h9-12,19H,3-8H2,1-2H3;2H2,1H3. The molecule has 23 heavy (non-hydrogen) atoms. The van der Waals surface area contributed by atoms with Crippen LogP contribution in [0, 0.1) is 0 Å². The Kier molecular flexibility index (Phi) is 6.66. The lowest BCUT2D eigenvalue weighted by Crippen LogP contribution is -2.18. The van der Waals surface area contributed by atoms with E-state index in [-0.39, 0.29) is 0 Å². The first-order valence-electron chi connectivity index (χ1n) is 8.61. The highest BCUT2D eigenvalue weighted by molar-refractivity contribution is 6.33. The molecule has 2 heterocycles. The number of rotatable bonds is 5. The fourth-order valence-electron chi connectivity index (χ4n) is 3.25. The van der Waals surface area contributed by atoms with E-state index in [2.05, 4.69) is 36.1 Å². The maximum absolute atomic E-state index is 6.25. The lowest BCUT2D eigenvalue weighted by Gasteiger charge is -2.18. The summed E-state index contributed by atoms with van der Waals surface area (Å²) in [7, 11) is 1.50. The van der Waals surface area contributed by atoms with Crippen LogP contribution >= 0.6 is 11.6 Å². The van der Waals surface area contributed by atoms with Gasteiger partial charge in [0.25, 0.3) is 0 Å². The van der Waals surface area contributed by atoms with Crippen LogP contribution in [-0.2, 0) is 0 Å². The minimum atomic E-state index is 0.477. The molecule has 0 saturated heterocycles. The SMILES string of the molecule is CCC(CC)c1cc(NC2CCCC2)n2ncc(Cl)c2n1.CN. The van der Waals surface area contributed by atoms with E-state index in [9.17, 15) is 0 Å². The molecule has 5 nitrogen and oxygen atoms in total. The van der Waals surface area contributed by atoms with Gasteiger partial charge in [-0.05, 0) is 32.7 Å². The summed E-state index contributed by atoms with van der Waals surface area (Å²) in [4.78, 5) is 4.74. The van der Waals surface area contributed by atoms with E-state index in [1.807, 2.05) is 4.52 Å². The van der Waals surface area contributed by atoms with Crippen molar-refractivity contribution in [1.29, 1.82) is 0 Å². The van der Waals surface area contributed by atoms with Crippen molar-refractivity contribution >= 4 is 23.1 Å². The first-order chi connectivity index (χ1) is 11.2. The summed E-state index contributed by atoms with van der Waals surface area (Å²) < 4.78 is 1.84. The largest absolute Gasteiger partial charge is 0.367 e. The van der Waals surface area contributed by atoms with Crippen molar-refractivity contribution in [1.82, 2.24) is 14.6 Å². The molecule has 0 aliphatic heterocycles. The fourth-order valence-corrected chi connectivity index (χ4v) is 3.42. The van der Waals surface area contributed by atoms with Crippen molar-refractivity contribution in [2.24, 2.45) is 5.73 Å². The molecule has 2 aromatic rings. The molecule has 2 aromatic heterocycles. The Hall–Kier alpha value is -1.33. The van der Waals surface area contributed by atoms with E-state index in [1.165, 1.54) is 32.7 Å². The average Bonchev–Trinajstić information content (AvgIpc) is 3.21. The topological polar surface area (TPSA) is 68.2 Å². The van der Waals surface area contributed by atoms with E-state index >= 15 is 0 Å². The third kappa shape index (κ3) is 3.96. The number of fused-ring (bicyclic) bond motifs is 1. The van der Waals surface area contributed by atoms with Crippen molar-refractivity contribution < 1.29 is 0 Å². The van der Waals surface area contributed by atoms with Gasteiger partial charge in [0, 0.05) is 23.7 Å². The lowest BCUT2D eigenvalue weighted by molar-refractivity contribution is 0.621. The van der Waals surface area contributed by atoms with Crippen molar-refractivity contribution in [3.63, 3.8) is 0 Å². The molecule has 0 amide bonds. The van der Waals surface area contributed by atoms with Crippen LogP contribution in [0.25, 0.3) is 5.65 Å². The summed E-state index contributed by atoms with van der Waals surface area (Å²) in [6.07, 6.45) is 8.96. The van der Waals surface area contributed by atoms with Crippen LogP contribution in [0.1, 0.15) is 64.0 Å². The Balaban J connectivity index is 0.000000924. The summed E-state index contributed by atoms with van der Waals surface area (Å²) >= 11 is 6.25. The van der Waals surface area contributed by atoms with Gasteiger partial charge in [-0.15, -0.1) is 0 Å². The smallest absolute Gasteiger partial charge is 0.176 e. The molecule has 0 bridgehead atoms.